The van der Waals surface area contributed by atoms with Gasteiger partial charge in [0, 0.05) is 0 Å². The molecule has 0 aliphatic heterocycles. The molecule has 74 valence electrons. The van der Waals surface area contributed by atoms with E-state index in [1.54, 1.807) is 18.4 Å². The molecule has 3 rings (SSSR count). The first-order chi connectivity index (χ1) is 7.36. The lowest BCUT2D eigenvalue weighted by molar-refractivity contribution is 0.415. The number of benzene rings is 2. The maximum absolute atomic E-state index is 5.20. The maximum atomic E-state index is 5.20. The van der Waals surface area contributed by atoms with Crippen molar-refractivity contribution in [3.05, 3.63) is 35.8 Å². The van der Waals surface area contributed by atoms with Crippen LogP contribution >= 0.6 is 11.3 Å². The minimum absolute atomic E-state index is 0.895. The van der Waals surface area contributed by atoms with Crippen molar-refractivity contribution >= 4 is 32.3 Å². The average molecular weight is 215 g/mol. The van der Waals surface area contributed by atoms with Gasteiger partial charge in [-0.2, -0.15) is 0 Å². The molecule has 15 heavy (non-hydrogen) atoms. The molecule has 2 aromatic carbocycles. The van der Waals surface area contributed by atoms with E-state index in [4.69, 9.17) is 4.74 Å². The topological polar surface area (TPSA) is 22.1 Å². The zero-order valence-electron chi connectivity index (χ0n) is 8.23. The second-order valence-corrected chi connectivity index (χ2v) is 4.27. The van der Waals surface area contributed by atoms with Crippen molar-refractivity contribution in [2.75, 3.05) is 7.11 Å². The van der Waals surface area contributed by atoms with Crippen LogP contribution in [0.25, 0.3) is 21.0 Å². The molecule has 0 atom stereocenters. The molecular weight excluding hydrogens is 206 g/mol. The Morgan fingerprint density at radius 1 is 1.13 bits per heavy atom. The molecular formula is C12H9NOS. The Hall–Kier alpha value is -1.61. The standard InChI is InChI=1S/C12H9NOS/c1-14-10-3-2-8-5-11-12(15-7-13-11)6-9(8)4-10/h2-7H,1H3. The number of hydrogen-bond acceptors (Lipinski definition) is 3. The number of ether oxygens (including phenoxy) is 1. The van der Waals surface area contributed by atoms with E-state index >= 15 is 0 Å². The Balaban J connectivity index is 2.38. The summed E-state index contributed by atoms with van der Waals surface area (Å²) >= 11 is 1.66. The number of rotatable bonds is 1. The molecule has 0 fully saturated rings. The monoisotopic (exact) mass is 215 g/mol. The quantitative estimate of drug-likeness (QED) is 0.620. The van der Waals surface area contributed by atoms with Crippen LogP contribution in [0.5, 0.6) is 5.75 Å². The van der Waals surface area contributed by atoms with Gasteiger partial charge in [0.25, 0.3) is 0 Å². The smallest absolute Gasteiger partial charge is 0.119 e. The Morgan fingerprint density at radius 2 is 2.07 bits per heavy atom. The number of thiazole rings is 1. The second kappa shape index (κ2) is 3.21. The Kier molecular flexibility index (Phi) is 1.86. The fourth-order valence-electron chi connectivity index (χ4n) is 1.71. The van der Waals surface area contributed by atoms with Gasteiger partial charge in [0.1, 0.15) is 5.75 Å². The third-order valence-electron chi connectivity index (χ3n) is 2.50. The molecule has 0 N–H and O–H groups in total. The summed E-state index contributed by atoms with van der Waals surface area (Å²) in [5, 5.41) is 2.40. The predicted octanol–water partition coefficient (Wildman–Crippen LogP) is 3.46. The minimum atomic E-state index is 0.895. The first kappa shape index (κ1) is 8.68. The van der Waals surface area contributed by atoms with Crippen molar-refractivity contribution in [1.29, 1.82) is 0 Å². The lowest BCUT2D eigenvalue weighted by atomic mass is 10.1. The Morgan fingerprint density at radius 3 is 2.93 bits per heavy atom. The van der Waals surface area contributed by atoms with E-state index < -0.39 is 0 Å². The van der Waals surface area contributed by atoms with Crippen LogP contribution < -0.4 is 4.74 Å². The fourth-order valence-corrected chi connectivity index (χ4v) is 2.41. The van der Waals surface area contributed by atoms with Crippen LogP contribution in [0.2, 0.25) is 0 Å². The van der Waals surface area contributed by atoms with Crippen LogP contribution in [-0.2, 0) is 0 Å². The normalized spacial score (nSPS) is 11.0. The van der Waals surface area contributed by atoms with E-state index in [9.17, 15) is 0 Å². The van der Waals surface area contributed by atoms with Crippen molar-refractivity contribution in [2.45, 2.75) is 0 Å². The van der Waals surface area contributed by atoms with Crippen LogP contribution in [0.3, 0.4) is 0 Å². The van der Waals surface area contributed by atoms with Gasteiger partial charge in [0.15, 0.2) is 0 Å². The molecule has 0 saturated carbocycles. The van der Waals surface area contributed by atoms with E-state index in [0.717, 1.165) is 11.3 Å². The number of nitrogens with zero attached hydrogens (tertiary/aromatic N) is 1. The Bertz CT molecular complexity index is 630. The molecule has 1 heterocycles. The highest BCUT2D eigenvalue weighted by atomic mass is 32.1. The Labute approximate surface area is 91.1 Å². The molecule has 3 aromatic rings. The van der Waals surface area contributed by atoms with Gasteiger partial charge in [0.2, 0.25) is 0 Å². The number of hydrogen-bond donors (Lipinski definition) is 0. The third kappa shape index (κ3) is 1.36. The molecule has 2 nitrogen and oxygen atoms in total. The lowest BCUT2D eigenvalue weighted by Gasteiger charge is -2.02. The number of methoxy groups -OCH3 is 1. The molecule has 1 aromatic heterocycles. The van der Waals surface area contributed by atoms with Gasteiger partial charge in [-0.1, -0.05) is 6.07 Å². The van der Waals surface area contributed by atoms with Crippen molar-refractivity contribution in [3.63, 3.8) is 0 Å². The lowest BCUT2D eigenvalue weighted by Crippen LogP contribution is -1.82. The van der Waals surface area contributed by atoms with Gasteiger partial charge in [-0.05, 0) is 35.0 Å². The van der Waals surface area contributed by atoms with Gasteiger partial charge in [-0.25, -0.2) is 4.98 Å². The molecule has 0 spiro atoms. The molecule has 0 saturated heterocycles. The third-order valence-corrected chi connectivity index (χ3v) is 3.29. The van der Waals surface area contributed by atoms with Crippen LogP contribution in [0, 0.1) is 0 Å². The van der Waals surface area contributed by atoms with E-state index in [1.165, 1.54) is 15.5 Å². The van der Waals surface area contributed by atoms with E-state index in [-0.39, 0.29) is 0 Å². The van der Waals surface area contributed by atoms with E-state index in [0.29, 0.717) is 0 Å². The first-order valence-corrected chi connectivity index (χ1v) is 5.56. The molecule has 0 aliphatic carbocycles. The van der Waals surface area contributed by atoms with Crippen LogP contribution in [0.15, 0.2) is 35.8 Å². The zero-order valence-corrected chi connectivity index (χ0v) is 9.04. The number of aromatic nitrogens is 1. The largest absolute Gasteiger partial charge is 0.497 e. The van der Waals surface area contributed by atoms with Crippen LogP contribution in [0.4, 0.5) is 0 Å². The molecule has 0 radical (unpaired) electrons. The average Bonchev–Trinajstić information content (AvgIpc) is 2.72. The summed E-state index contributed by atoms with van der Waals surface area (Å²) in [7, 11) is 1.69. The summed E-state index contributed by atoms with van der Waals surface area (Å²) < 4.78 is 6.42. The minimum Gasteiger partial charge on any atom is -0.497 e. The molecule has 3 heteroatoms. The van der Waals surface area contributed by atoms with Crippen LogP contribution in [0.1, 0.15) is 0 Å². The van der Waals surface area contributed by atoms with Gasteiger partial charge < -0.3 is 4.74 Å². The summed E-state index contributed by atoms with van der Waals surface area (Å²) in [6, 6.07) is 10.4. The van der Waals surface area contributed by atoms with E-state index in [1.807, 2.05) is 11.6 Å². The second-order valence-electron chi connectivity index (χ2n) is 3.39. The van der Waals surface area contributed by atoms with Gasteiger partial charge in [0.05, 0.1) is 22.8 Å². The summed E-state index contributed by atoms with van der Waals surface area (Å²) in [5.74, 6) is 0.895. The summed E-state index contributed by atoms with van der Waals surface area (Å²) in [4.78, 5) is 4.30. The van der Waals surface area contributed by atoms with Crippen molar-refractivity contribution in [1.82, 2.24) is 4.98 Å². The van der Waals surface area contributed by atoms with Gasteiger partial charge >= 0.3 is 0 Å². The van der Waals surface area contributed by atoms with Crippen molar-refractivity contribution in [2.24, 2.45) is 0 Å². The number of fused-ring (bicyclic) bond motifs is 2. The first-order valence-electron chi connectivity index (χ1n) is 4.68. The molecule has 0 unspecified atom stereocenters. The zero-order chi connectivity index (χ0) is 10.3. The van der Waals surface area contributed by atoms with Crippen molar-refractivity contribution in [3.8, 4) is 5.75 Å². The summed E-state index contributed by atoms with van der Waals surface area (Å²) in [6.07, 6.45) is 0. The summed E-state index contributed by atoms with van der Waals surface area (Å²) in [6.45, 7) is 0. The van der Waals surface area contributed by atoms with Gasteiger partial charge in [-0.15, -0.1) is 11.3 Å². The highest BCUT2D eigenvalue weighted by Crippen LogP contribution is 2.27. The van der Waals surface area contributed by atoms with Crippen molar-refractivity contribution < 1.29 is 4.74 Å². The SMILES string of the molecule is COc1ccc2cc3ncsc3cc2c1. The van der Waals surface area contributed by atoms with E-state index in [2.05, 4.69) is 29.2 Å². The molecule has 0 aliphatic rings. The molecule has 0 amide bonds. The maximum Gasteiger partial charge on any atom is 0.119 e. The predicted molar refractivity (Wildman–Crippen MR) is 63.7 cm³/mol. The van der Waals surface area contributed by atoms with Gasteiger partial charge in [-0.3, -0.25) is 0 Å². The highest BCUT2D eigenvalue weighted by Gasteiger charge is 2.01. The molecule has 0 bridgehead atoms. The summed E-state index contributed by atoms with van der Waals surface area (Å²) in [5.41, 5.74) is 2.94. The highest BCUT2D eigenvalue weighted by molar-refractivity contribution is 7.16. The fraction of sp³-hybridized carbons (Fsp3) is 0.0833. The van der Waals surface area contributed by atoms with Crippen LogP contribution in [-0.4, -0.2) is 12.1 Å².